The summed E-state index contributed by atoms with van der Waals surface area (Å²) in [6.45, 7) is 8.54. The Morgan fingerprint density at radius 3 is 2.28 bits per heavy atom. The third-order valence-electron chi connectivity index (χ3n) is 1.86. The number of ether oxygens (including phenoxy) is 1. The molecule has 0 saturated heterocycles. The smallest absolute Gasteiger partial charge is 0.406 e. The highest BCUT2D eigenvalue weighted by atomic mass is 19.4. The van der Waals surface area contributed by atoms with Gasteiger partial charge in [0.1, 0.15) is 5.76 Å². The molecule has 0 spiro atoms. The monoisotopic (exact) mass is 262 g/mol. The molecule has 0 saturated carbocycles. The van der Waals surface area contributed by atoms with E-state index in [1.807, 2.05) is 0 Å². The summed E-state index contributed by atoms with van der Waals surface area (Å²) in [7, 11) is 1.73. The van der Waals surface area contributed by atoms with Crippen molar-refractivity contribution in [2.45, 2.75) is 19.5 Å². The van der Waals surface area contributed by atoms with Gasteiger partial charge in [0.05, 0.1) is 6.17 Å². The molecule has 18 heavy (non-hydrogen) atoms. The van der Waals surface area contributed by atoms with Crippen LogP contribution in [0.15, 0.2) is 48.9 Å². The molecule has 0 bridgehead atoms. The van der Waals surface area contributed by atoms with Crippen molar-refractivity contribution in [3.63, 3.8) is 0 Å². The molecule has 0 aliphatic rings. The summed E-state index contributed by atoms with van der Waals surface area (Å²) in [5, 5.41) is 5.88. The van der Waals surface area contributed by atoms with Crippen molar-refractivity contribution in [2.75, 3.05) is 7.05 Å². The molecule has 0 amide bonds. The van der Waals surface area contributed by atoms with Crippen molar-refractivity contribution in [2.24, 2.45) is 0 Å². The molecule has 1 atom stereocenters. The zero-order chi connectivity index (χ0) is 14.2. The van der Waals surface area contributed by atoms with Gasteiger partial charge in [-0.25, -0.2) is 0 Å². The van der Waals surface area contributed by atoms with Crippen LogP contribution in [0.5, 0.6) is 0 Å². The Kier molecular flexibility index (Phi) is 6.89. The van der Waals surface area contributed by atoms with E-state index in [9.17, 15) is 13.2 Å². The topological polar surface area (TPSA) is 33.3 Å². The first-order chi connectivity index (χ1) is 8.32. The molecule has 0 aromatic carbocycles. The number of halogens is 3. The Hall–Kier alpha value is -1.69. The van der Waals surface area contributed by atoms with Crippen LogP contribution in [-0.4, -0.2) is 19.6 Å². The molecule has 0 rings (SSSR count). The highest BCUT2D eigenvalue weighted by molar-refractivity contribution is 5.19. The minimum absolute atomic E-state index is 0.162. The average molecular weight is 262 g/mol. The van der Waals surface area contributed by atoms with Crippen molar-refractivity contribution >= 4 is 0 Å². The van der Waals surface area contributed by atoms with E-state index in [1.165, 1.54) is 12.2 Å². The van der Waals surface area contributed by atoms with Crippen LogP contribution >= 0.6 is 0 Å². The summed E-state index contributed by atoms with van der Waals surface area (Å²) in [6, 6.07) is 0. The van der Waals surface area contributed by atoms with Crippen LogP contribution < -0.4 is 10.6 Å². The Morgan fingerprint density at radius 2 is 1.89 bits per heavy atom. The van der Waals surface area contributed by atoms with E-state index < -0.39 is 6.36 Å². The summed E-state index contributed by atoms with van der Waals surface area (Å²) in [5.74, 6) is -0.372. The zero-order valence-corrected chi connectivity index (χ0v) is 10.3. The van der Waals surface area contributed by atoms with Crippen molar-refractivity contribution in [3.05, 3.63) is 48.9 Å². The second-order valence-corrected chi connectivity index (χ2v) is 3.32. The lowest BCUT2D eigenvalue weighted by Crippen LogP contribution is -2.36. The predicted molar refractivity (Wildman–Crippen MR) is 65.4 cm³/mol. The average Bonchev–Trinajstić information content (AvgIpc) is 2.29. The van der Waals surface area contributed by atoms with Crippen molar-refractivity contribution < 1.29 is 17.9 Å². The van der Waals surface area contributed by atoms with Gasteiger partial charge in [0.25, 0.3) is 0 Å². The van der Waals surface area contributed by atoms with Gasteiger partial charge < -0.3 is 10.1 Å². The highest BCUT2D eigenvalue weighted by Crippen LogP contribution is 2.21. The molecule has 102 valence electrons. The van der Waals surface area contributed by atoms with Crippen LogP contribution in [0.25, 0.3) is 0 Å². The maximum absolute atomic E-state index is 12.0. The molecule has 3 nitrogen and oxygen atoms in total. The predicted octanol–water partition coefficient (Wildman–Crippen LogP) is 2.82. The minimum atomic E-state index is -4.72. The summed E-state index contributed by atoms with van der Waals surface area (Å²) in [6.07, 6.45) is 0.367. The number of rotatable bonds is 7. The quantitative estimate of drug-likeness (QED) is 0.320. The van der Waals surface area contributed by atoms with E-state index in [0.29, 0.717) is 5.70 Å². The molecular weight excluding hydrogens is 245 g/mol. The molecular formula is C12H17F3N2O. The fourth-order valence-corrected chi connectivity index (χ4v) is 1.03. The zero-order valence-electron chi connectivity index (χ0n) is 10.3. The lowest BCUT2D eigenvalue weighted by Gasteiger charge is -2.15. The number of alkyl halides is 3. The van der Waals surface area contributed by atoms with E-state index in [2.05, 4.69) is 28.5 Å². The lowest BCUT2D eigenvalue weighted by molar-refractivity contribution is -0.303. The molecule has 0 heterocycles. The van der Waals surface area contributed by atoms with E-state index in [-0.39, 0.29) is 11.9 Å². The number of likely N-dealkylation sites (N-methyl/N-ethyl adjacent to an activating group) is 1. The molecule has 0 radical (unpaired) electrons. The Bertz CT molecular complexity index is 346. The minimum Gasteiger partial charge on any atom is -0.406 e. The van der Waals surface area contributed by atoms with E-state index >= 15 is 0 Å². The third-order valence-corrected chi connectivity index (χ3v) is 1.86. The molecule has 0 aliphatic heterocycles. The van der Waals surface area contributed by atoms with E-state index in [1.54, 1.807) is 20.0 Å². The molecule has 0 aromatic heterocycles. The fourth-order valence-electron chi connectivity index (χ4n) is 1.03. The number of hydrogen-bond acceptors (Lipinski definition) is 3. The van der Waals surface area contributed by atoms with Crippen molar-refractivity contribution in [1.29, 1.82) is 0 Å². The summed E-state index contributed by atoms with van der Waals surface area (Å²) in [4.78, 5) is 0. The molecule has 0 fully saturated rings. The van der Waals surface area contributed by atoms with Gasteiger partial charge in [0.2, 0.25) is 0 Å². The lowest BCUT2D eigenvalue weighted by atomic mass is 10.3. The number of allylic oxidation sites excluding steroid dienone is 4. The first-order valence-corrected chi connectivity index (χ1v) is 5.15. The molecule has 0 aliphatic carbocycles. The van der Waals surface area contributed by atoms with Gasteiger partial charge in [-0.1, -0.05) is 19.2 Å². The van der Waals surface area contributed by atoms with Crippen LogP contribution in [0.2, 0.25) is 0 Å². The standard InChI is InChI=1S/C12H17F3N2O/c1-5-10(18-12(13,14)15)8-7-9(3)17-11(6-2)16-4/h5-8,11,16-17H,1-2H2,3-4H3/b9-7+,10-8+/t11-/m0/s1. The SMILES string of the molecule is C=C/C(=C\C=C(/C)N[C@@H](C=C)NC)OC(F)(F)F. The Labute approximate surface area is 105 Å². The van der Waals surface area contributed by atoms with E-state index in [0.717, 1.165) is 6.08 Å². The van der Waals surface area contributed by atoms with Gasteiger partial charge in [-0.3, -0.25) is 5.32 Å². The first-order valence-electron chi connectivity index (χ1n) is 5.15. The van der Waals surface area contributed by atoms with Crippen LogP contribution in [-0.2, 0) is 4.74 Å². The fraction of sp³-hybridized carbons (Fsp3) is 0.333. The summed E-state index contributed by atoms with van der Waals surface area (Å²) >= 11 is 0. The molecule has 0 unspecified atom stereocenters. The van der Waals surface area contributed by atoms with Gasteiger partial charge in [-0.15, -0.1) is 13.2 Å². The van der Waals surface area contributed by atoms with Gasteiger partial charge in [0.15, 0.2) is 0 Å². The van der Waals surface area contributed by atoms with Gasteiger partial charge >= 0.3 is 6.36 Å². The second kappa shape index (κ2) is 7.60. The number of nitrogens with one attached hydrogen (secondary N) is 2. The Balaban J connectivity index is 4.63. The van der Waals surface area contributed by atoms with Crippen LogP contribution in [0, 0.1) is 0 Å². The normalized spacial score (nSPS) is 14.9. The first kappa shape index (κ1) is 16.3. The van der Waals surface area contributed by atoms with Crippen molar-refractivity contribution in [1.82, 2.24) is 10.6 Å². The van der Waals surface area contributed by atoms with E-state index in [4.69, 9.17) is 0 Å². The number of hydrogen-bond donors (Lipinski definition) is 2. The van der Waals surface area contributed by atoms with Crippen LogP contribution in [0.3, 0.4) is 0 Å². The van der Waals surface area contributed by atoms with Crippen LogP contribution in [0.1, 0.15) is 6.92 Å². The second-order valence-electron chi connectivity index (χ2n) is 3.32. The third kappa shape index (κ3) is 7.56. The maximum atomic E-state index is 12.0. The Morgan fingerprint density at radius 1 is 1.28 bits per heavy atom. The van der Waals surface area contributed by atoms with Crippen LogP contribution in [0.4, 0.5) is 13.2 Å². The summed E-state index contributed by atoms with van der Waals surface area (Å²) < 4.78 is 39.6. The van der Waals surface area contributed by atoms with Gasteiger partial charge in [0, 0.05) is 5.70 Å². The molecule has 2 N–H and O–H groups in total. The van der Waals surface area contributed by atoms with Gasteiger partial charge in [-0.2, -0.15) is 0 Å². The maximum Gasteiger partial charge on any atom is 0.573 e. The van der Waals surface area contributed by atoms with Crippen molar-refractivity contribution in [3.8, 4) is 0 Å². The molecule has 6 heteroatoms. The largest absolute Gasteiger partial charge is 0.573 e. The molecule has 0 aromatic rings. The summed E-state index contributed by atoms with van der Waals surface area (Å²) in [5.41, 5.74) is 0.652. The van der Waals surface area contributed by atoms with Gasteiger partial charge in [-0.05, 0) is 32.2 Å². The highest BCUT2D eigenvalue weighted by Gasteiger charge is 2.31.